The van der Waals surface area contributed by atoms with Crippen LogP contribution in [-0.2, 0) is 9.53 Å². The predicted molar refractivity (Wildman–Crippen MR) is 71.8 cm³/mol. The number of hydrogen-bond donors (Lipinski definition) is 2. The molecule has 0 radical (unpaired) electrons. The van der Waals surface area contributed by atoms with Crippen molar-refractivity contribution in [2.75, 3.05) is 38.8 Å². The van der Waals surface area contributed by atoms with Gasteiger partial charge in [0.05, 0.1) is 18.9 Å². The molecule has 1 heterocycles. The second kappa shape index (κ2) is 8.05. The molecule has 2 N–H and O–H groups in total. The first-order valence-corrected chi connectivity index (χ1v) is 6.06. The Bertz CT molecular complexity index is 449. The van der Waals surface area contributed by atoms with E-state index in [4.69, 9.17) is 9.84 Å². The summed E-state index contributed by atoms with van der Waals surface area (Å²) in [5.74, 6) is -0.850. The Balaban J connectivity index is 2.43. The Morgan fingerprint density at radius 3 is 2.70 bits per heavy atom. The van der Waals surface area contributed by atoms with Gasteiger partial charge in [-0.2, -0.15) is 0 Å². The summed E-state index contributed by atoms with van der Waals surface area (Å²) in [5.41, 5.74) is -0.133. The normalized spacial score (nSPS) is 10.1. The molecule has 0 saturated carbocycles. The maximum Gasteiger partial charge on any atom is 0.356 e. The Labute approximate surface area is 116 Å². The lowest BCUT2D eigenvalue weighted by atomic mass is 10.4. The van der Waals surface area contributed by atoms with Gasteiger partial charge < -0.3 is 20.1 Å². The summed E-state index contributed by atoms with van der Waals surface area (Å²) in [6.45, 7) is 1.26. The number of carboxylic acids is 1. The SMILES string of the molecule is COCCCNC(=O)CN(C)c1cnc(C(=O)O)cn1. The fourth-order valence-corrected chi connectivity index (χ4v) is 1.43. The van der Waals surface area contributed by atoms with Crippen molar-refractivity contribution in [3.63, 3.8) is 0 Å². The van der Waals surface area contributed by atoms with E-state index in [2.05, 4.69) is 15.3 Å². The van der Waals surface area contributed by atoms with Gasteiger partial charge in [-0.1, -0.05) is 0 Å². The van der Waals surface area contributed by atoms with Crippen molar-refractivity contribution in [2.24, 2.45) is 0 Å². The van der Waals surface area contributed by atoms with Gasteiger partial charge in [-0.25, -0.2) is 14.8 Å². The third-order valence-electron chi connectivity index (χ3n) is 2.48. The summed E-state index contributed by atoms with van der Waals surface area (Å²) in [4.78, 5) is 31.5. The van der Waals surface area contributed by atoms with Gasteiger partial charge in [0.2, 0.25) is 5.91 Å². The Hall–Kier alpha value is -2.22. The average Bonchev–Trinajstić information content (AvgIpc) is 2.43. The Kier molecular flexibility index (Phi) is 6.38. The van der Waals surface area contributed by atoms with E-state index in [1.807, 2.05) is 0 Å². The molecule has 0 aliphatic heterocycles. The number of nitrogens with one attached hydrogen (secondary N) is 1. The first-order valence-electron chi connectivity index (χ1n) is 6.06. The molecule has 110 valence electrons. The minimum atomic E-state index is -1.14. The minimum Gasteiger partial charge on any atom is -0.476 e. The topological polar surface area (TPSA) is 105 Å². The number of aromatic nitrogens is 2. The van der Waals surface area contributed by atoms with E-state index in [1.54, 1.807) is 19.1 Å². The maximum atomic E-state index is 11.6. The van der Waals surface area contributed by atoms with Crippen molar-refractivity contribution in [1.29, 1.82) is 0 Å². The number of likely N-dealkylation sites (N-methyl/N-ethyl adjacent to an activating group) is 1. The molecule has 1 amide bonds. The van der Waals surface area contributed by atoms with E-state index in [0.717, 1.165) is 12.6 Å². The van der Waals surface area contributed by atoms with Gasteiger partial charge in [0.15, 0.2) is 5.69 Å². The number of carboxylic acid groups (broad SMARTS) is 1. The molecule has 8 nitrogen and oxygen atoms in total. The van der Waals surface area contributed by atoms with Gasteiger partial charge >= 0.3 is 5.97 Å². The van der Waals surface area contributed by atoms with Gasteiger partial charge in [-0.3, -0.25) is 4.79 Å². The molecule has 1 aromatic rings. The van der Waals surface area contributed by atoms with Crippen LogP contribution in [-0.4, -0.2) is 60.8 Å². The van der Waals surface area contributed by atoms with Crippen LogP contribution in [0.2, 0.25) is 0 Å². The van der Waals surface area contributed by atoms with Gasteiger partial charge in [0.1, 0.15) is 5.82 Å². The van der Waals surface area contributed by atoms with Crippen LogP contribution in [0.4, 0.5) is 5.82 Å². The number of carbonyl (C=O) groups excluding carboxylic acids is 1. The van der Waals surface area contributed by atoms with Crippen LogP contribution in [0.1, 0.15) is 16.9 Å². The number of rotatable bonds is 8. The summed E-state index contributed by atoms with van der Waals surface area (Å²) in [6, 6.07) is 0. The van der Waals surface area contributed by atoms with Gasteiger partial charge in [0, 0.05) is 27.3 Å². The molecular weight excluding hydrogens is 264 g/mol. The van der Waals surface area contributed by atoms with Crippen molar-refractivity contribution in [3.05, 3.63) is 18.1 Å². The van der Waals surface area contributed by atoms with Crippen LogP contribution in [0.25, 0.3) is 0 Å². The smallest absolute Gasteiger partial charge is 0.356 e. The molecule has 0 aromatic carbocycles. The fraction of sp³-hybridized carbons (Fsp3) is 0.500. The van der Waals surface area contributed by atoms with Gasteiger partial charge in [-0.05, 0) is 6.42 Å². The zero-order chi connectivity index (χ0) is 15.0. The molecule has 0 bridgehead atoms. The third-order valence-corrected chi connectivity index (χ3v) is 2.48. The Morgan fingerprint density at radius 2 is 2.15 bits per heavy atom. The van der Waals surface area contributed by atoms with E-state index >= 15 is 0 Å². The lowest BCUT2D eigenvalue weighted by molar-refractivity contribution is -0.119. The lowest BCUT2D eigenvalue weighted by Gasteiger charge is -2.17. The molecule has 0 spiro atoms. The summed E-state index contributed by atoms with van der Waals surface area (Å²) in [5, 5.41) is 11.5. The molecule has 0 atom stereocenters. The van der Waals surface area contributed by atoms with Gasteiger partial charge in [-0.15, -0.1) is 0 Å². The molecule has 1 aromatic heterocycles. The minimum absolute atomic E-state index is 0.119. The van der Waals surface area contributed by atoms with Crippen molar-refractivity contribution in [3.8, 4) is 0 Å². The lowest BCUT2D eigenvalue weighted by Crippen LogP contribution is -2.36. The highest BCUT2D eigenvalue weighted by molar-refractivity contribution is 5.85. The summed E-state index contributed by atoms with van der Waals surface area (Å²) >= 11 is 0. The summed E-state index contributed by atoms with van der Waals surface area (Å²) in [7, 11) is 3.29. The number of carbonyl (C=O) groups is 2. The number of ether oxygens (including phenoxy) is 1. The van der Waals surface area contributed by atoms with E-state index in [1.165, 1.54) is 6.20 Å². The monoisotopic (exact) mass is 282 g/mol. The van der Waals surface area contributed by atoms with Crippen LogP contribution in [0.5, 0.6) is 0 Å². The largest absolute Gasteiger partial charge is 0.476 e. The van der Waals surface area contributed by atoms with Crippen LogP contribution >= 0.6 is 0 Å². The molecular formula is C12H18N4O4. The highest BCUT2D eigenvalue weighted by Crippen LogP contribution is 2.06. The second-order valence-corrected chi connectivity index (χ2v) is 4.12. The molecule has 20 heavy (non-hydrogen) atoms. The van der Waals surface area contributed by atoms with E-state index in [0.29, 0.717) is 19.0 Å². The number of amides is 1. The predicted octanol–water partition coefficient (Wildman–Crippen LogP) is -0.236. The van der Waals surface area contributed by atoms with E-state index in [9.17, 15) is 9.59 Å². The third kappa shape index (κ3) is 5.19. The van der Waals surface area contributed by atoms with E-state index < -0.39 is 5.97 Å². The molecule has 0 saturated heterocycles. The highest BCUT2D eigenvalue weighted by atomic mass is 16.5. The number of anilines is 1. The Morgan fingerprint density at radius 1 is 1.40 bits per heavy atom. The maximum absolute atomic E-state index is 11.6. The van der Waals surface area contributed by atoms with Crippen molar-refractivity contribution < 1.29 is 19.4 Å². The van der Waals surface area contributed by atoms with Crippen molar-refractivity contribution >= 4 is 17.7 Å². The molecule has 0 fully saturated rings. The fourth-order valence-electron chi connectivity index (χ4n) is 1.43. The molecule has 0 unspecified atom stereocenters. The molecule has 0 aliphatic rings. The summed E-state index contributed by atoms with van der Waals surface area (Å²) in [6.07, 6.45) is 3.23. The van der Waals surface area contributed by atoms with Crippen LogP contribution in [0, 0.1) is 0 Å². The first kappa shape index (κ1) is 15.8. The highest BCUT2D eigenvalue weighted by Gasteiger charge is 2.10. The number of hydrogen-bond acceptors (Lipinski definition) is 6. The van der Waals surface area contributed by atoms with E-state index in [-0.39, 0.29) is 18.1 Å². The zero-order valence-corrected chi connectivity index (χ0v) is 11.5. The van der Waals surface area contributed by atoms with Crippen molar-refractivity contribution in [2.45, 2.75) is 6.42 Å². The van der Waals surface area contributed by atoms with Crippen LogP contribution < -0.4 is 10.2 Å². The quantitative estimate of drug-likeness (QED) is 0.634. The average molecular weight is 282 g/mol. The summed E-state index contributed by atoms with van der Waals surface area (Å²) < 4.78 is 4.88. The molecule has 0 aliphatic carbocycles. The van der Waals surface area contributed by atoms with Gasteiger partial charge in [0.25, 0.3) is 0 Å². The molecule has 8 heteroatoms. The number of nitrogens with zero attached hydrogens (tertiary/aromatic N) is 3. The number of aromatic carboxylic acids is 1. The standard InChI is InChI=1S/C12H18N4O4/c1-16(8-11(17)13-4-3-5-20-2)10-7-14-9(6-15-10)12(18)19/h6-7H,3-5,8H2,1-2H3,(H,13,17)(H,18,19). The number of methoxy groups -OCH3 is 1. The molecule has 1 rings (SSSR count). The zero-order valence-electron chi connectivity index (χ0n) is 11.5. The van der Waals surface area contributed by atoms with Crippen molar-refractivity contribution in [1.82, 2.24) is 15.3 Å². The van der Waals surface area contributed by atoms with Crippen LogP contribution in [0.3, 0.4) is 0 Å². The second-order valence-electron chi connectivity index (χ2n) is 4.12. The van der Waals surface area contributed by atoms with Crippen LogP contribution in [0.15, 0.2) is 12.4 Å². The first-order chi connectivity index (χ1) is 9.54.